The summed E-state index contributed by atoms with van der Waals surface area (Å²) in [4.78, 5) is 0. The summed E-state index contributed by atoms with van der Waals surface area (Å²) < 4.78 is 44.3. The molecule has 0 aliphatic carbocycles. The van der Waals surface area contributed by atoms with Gasteiger partial charge >= 0.3 is 0 Å². The van der Waals surface area contributed by atoms with Crippen molar-refractivity contribution in [1.29, 1.82) is 0 Å². The molecule has 3 heterocycles. The Hall–Kier alpha value is -1.22. The molecule has 1 aromatic rings. The van der Waals surface area contributed by atoms with Crippen molar-refractivity contribution in [3.05, 3.63) is 29.8 Å². The molecule has 0 radical (unpaired) electrons. The molecular weight excluding hydrogens is 448 g/mol. The van der Waals surface area contributed by atoms with E-state index >= 15 is 0 Å². The van der Waals surface area contributed by atoms with Gasteiger partial charge in [0.1, 0.15) is 30.2 Å². The highest BCUT2D eigenvalue weighted by Gasteiger charge is 2.61. The molecule has 0 aromatic heterocycles. The standard InChI is InChI=1S/C28H44O7/c1-6-14-27(15-7-2)31-19-22(33-27)23-24(30-18-20-10-12-21(29-5)13-11-20)25-26(32-23)35-28(34-25,16-8-3)17-9-4/h10-13,22-26H,6-9,14-19H2,1-5H3/t22-,23-,24+,25-,26-/m1/s1. The minimum atomic E-state index is -0.604. The molecule has 0 bridgehead atoms. The Morgan fingerprint density at radius 3 is 2.03 bits per heavy atom. The fourth-order valence-corrected chi connectivity index (χ4v) is 5.77. The monoisotopic (exact) mass is 492 g/mol. The van der Waals surface area contributed by atoms with E-state index in [1.165, 1.54) is 0 Å². The van der Waals surface area contributed by atoms with Crippen LogP contribution in [0.15, 0.2) is 24.3 Å². The number of rotatable bonds is 13. The molecule has 3 aliphatic rings. The maximum Gasteiger partial charge on any atom is 0.190 e. The van der Waals surface area contributed by atoms with Crippen LogP contribution in [0.3, 0.4) is 0 Å². The molecule has 3 fully saturated rings. The Bertz CT molecular complexity index is 770. The van der Waals surface area contributed by atoms with E-state index in [4.69, 9.17) is 33.2 Å². The molecule has 0 amide bonds. The number of benzene rings is 1. The summed E-state index contributed by atoms with van der Waals surface area (Å²) in [6, 6.07) is 7.94. The van der Waals surface area contributed by atoms with Crippen molar-refractivity contribution in [1.82, 2.24) is 0 Å². The summed E-state index contributed by atoms with van der Waals surface area (Å²) in [5, 5.41) is 0. The number of hydrogen-bond acceptors (Lipinski definition) is 7. The summed E-state index contributed by atoms with van der Waals surface area (Å²) in [6.45, 7) is 9.57. The van der Waals surface area contributed by atoms with Gasteiger partial charge in [0.15, 0.2) is 17.9 Å². The summed E-state index contributed by atoms with van der Waals surface area (Å²) in [7, 11) is 1.67. The first-order valence-corrected chi connectivity index (χ1v) is 13.6. The first kappa shape index (κ1) is 26.8. The molecule has 0 unspecified atom stereocenters. The molecule has 4 rings (SSSR count). The highest BCUT2D eigenvalue weighted by Crippen LogP contribution is 2.46. The van der Waals surface area contributed by atoms with Gasteiger partial charge in [0.2, 0.25) is 0 Å². The Kier molecular flexibility index (Phi) is 9.11. The third-order valence-corrected chi connectivity index (χ3v) is 7.26. The lowest BCUT2D eigenvalue weighted by atomic mass is 10.0. The van der Waals surface area contributed by atoms with Gasteiger partial charge in [-0.1, -0.05) is 65.5 Å². The predicted molar refractivity (Wildman–Crippen MR) is 132 cm³/mol. The largest absolute Gasteiger partial charge is 0.497 e. The Balaban J connectivity index is 1.51. The van der Waals surface area contributed by atoms with Gasteiger partial charge in [0, 0.05) is 25.7 Å². The molecule has 7 heteroatoms. The fraction of sp³-hybridized carbons (Fsp3) is 0.786. The van der Waals surface area contributed by atoms with E-state index in [1.807, 2.05) is 24.3 Å². The molecule has 1 aromatic carbocycles. The first-order valence-electron chi connectivity index (χ1n) is 13.6. The Labute approximate surface area is 210 Å². The number of ether oxygens (including phenoxy) is 7. The van der Waals surface area contributed by atoms with Crippen LogP contribution < -0.4 is 4.74 Å². The minimum Gasteiger partial charge on any atom is -0.497 e. The lowest BCUT2D eigenvalue weighted by Crippen LogP contribution is -2.45. The van der Waals surface area contributed by atoms with Crippen LogP contribution in [0.1, 0.15) is 84.6 Å². The van der Waals surface area contributed by atoms with Gasteiger partial charge < -0.3 is 33.2 Å². The van der Waals surface area contributed by atoms with Gasteiger partial charge in [0.25, 0.3) is 0 Å². The van der Waals surface area contributed by atoms with Crippen LogP contribution >= 0.6 is 0 Å². The number of hydrogen-bond donors (Lipinski definition) is 0. The molecule has 3 aliphatic heterocycles. The molecule has 0 spiro atoms. The van der Waals surface area contributed by atoms with E-state index in [2.05, 4.69) is 27.7 Å². The Morgan fingerprint density at radius 1 is 0.800 bits per heavy atom. The van der Waals surface area contributed by atoms with E-state index in [1.54, 1.807) is 7.11 Å². The van der Waals surface area contributed by atoms with Crippen molar-refractivity contribution in [3.8, 4) is 5.75 Å². The SMILES string of the molecule is CCCC1(CCC)O[C@H]2O[C@H]([C@H]3COC(CCC)(CCC)O3)[C@H](OCc3ccc(OC)cc3)[C@H]2O1. The molecule has 0 N–H and O–H groups in total. The van der Waals surface area contributed by atoms with Crippen LogP contribution in [0.2, 0.25) is 0 Å². The van der Waals surface area contributed by atoms with Crippen molar-refractivity contribution in [2.24, 2.45) is 0 Å². The van der Waals surface area contributed by atoms with Crippen molar-refractivity contribution in [2.45, 2.75) is 128 Å². The van der Waals surface area contributed by atoms with Gasteiger partial charge in [-0.05, 0) is 17.7 Å². The number of fused-ring (bicyclic) bond motifs is 1. The van der Waals surface area contributed by atoms with Crippen LogP contribution in [0.5, 0.6) is 5.75 Å². The topological polar surface area (TPSA) is 64.6 Å². The zero-order valence-corrected chi connectivity index (χ0v) is 22.1. The predicted octanol–water partition coefficient (Wildman–Crippen LogP) is 5.73. The van der Waals surface area contributed by atoms with Gasteiger partial charge in [-0.25, -0.2) is 0 Å². The average Bonchev–Trinajstić information content (AvgIpc) is 3.50. The van der Waals surface area contributed by atoms with Gasteiger partial charge in [-0.3, -0.25) is 0 Å². The normalized spacial score (nSPS) is 31.1. The maximum atomic E-state index is 6.64. The summed E-state index contributed by atoms with van der Waals surface area (Å²) in [6.07, 6.45) is 5.78. The Morgan fingerprint density at radius 2 is 1.43 bits per heavy atom. The molecule has 0 saturated carbocycles. The zero-order chi connectivity index (χ0) is 24.9. The van der Waals surface area contributed by atoms with Crippen molar-refractivity contribution >= 4 is 0 Å². The molecule has 5 atom stereocenters. The number of methoxy groups -OCH3 is 1. The quantitative estimate of drug-likeness (QED) is 0.348. The molecular formula is C28H44O7. The molecule has 3 saturated heterocycles. The van der Waals surface area contributed by atoms with Gasteiger partial charge in [-0.2, -0.15) is 0 Å². The van der Waals surface area contributed by atoms with E-state index in [-0.39, 0.29) is 24.4 Å². The van der Waals surface area contributed by atoms with Crippen LogP contribution in [-0.2, 0) is 35.0 Å². The van der Waals surface area contributed by atoms with Crippen molar-refractivity contribution < 1.29 is 33.2 Å². The van der Waals surface area contributed by atoms with Gasteiger partial charge in [-0.15, -0.1) is 0 Å². The molecule has 7 nitrogen and oxygen atoms in total. The highest BCUT2D eigenvalue weighted by atomic mass is 16.9. The van der Waals surface area contributed by atoms with Crippen LogP contribution in [0.4, 0.5) is 0 Å². The smallest absolute Gasteiger partial charge is 0.190 e. The highest BCUT2D eigenvalue weighted by molar-refractivity contribution is 5.26. The van der Waals surface area contributed by atoms with E-state index in [0.29, 0.717) is 13.2 Å². The summed E-state index contributed by atoms with van der Waals surface area (Å²) in [5.74, 6) is -0.315. The van der Waals surface area contributed by atoms with E-state index < -0.39 is 17.9 Å². The molecule has 198 valence electrons. The van der Waals surface area contributed by atoms with Crippen LogP contribution in [0.25, 0.3) is 0 Å². The second-order valence-electron chi connectivity index (χ2n) is 10.1. The van der Waals surface area contributed by atoms with Crippen LogP contribution in [0, 0.1) is 0 Å². The van der Waals surface area contributed by atoms with Gasteiger partial charge in [0.05, 0.1) is 20.3 Å². The summed E-state index contributed by atoms with van der Waals surface area (Å²) >= 11 is 0. The lowest BCUT2D eigenvalue weighted by molar-refractivity contribution is -0.258. The average molecular weight is 493 g/mol. The first-order chi connectivity index (χ1) is 17.0. The second kappa shape index (κ2) is 11.9. The second-order valence-corrected chi connectivity index (χ2v) is 10.1. The van der Waals surface area contributed by atoms with E-state index in [0.717, 1.165) is 62.7 Å². The van der Waals surface area contributed by atoms with Crippen molar-refractivity contribution in [3.63, 3.8) is 0 Å². The minimum absolute atomic E-state index is 0.224. The summed E-state index contributed by atoms with van der Waals surface area (Å²) in [5.41, 5.74) is 1.06. The molecule has 35 heavy (non-hydrogen) atoms. The fourth-order valence-electron chi connectivity index (χ4n) is 5.77. The van der Waals surface area contributed by atoms with E-state index in [9.17, 15) is 0 Å². The third-order valence-electron chi connectivity index (χ3n) is 7.26. The van der Waals surface area contributed by atoms with Crippen LogP contribution in [-0.4, -0.2) is 56.0 Å². The lowest BCUT2D eigenvalue weighted by Gasteiger charge is -2.33. The van der Waals surface area contributed by atoms with Crippen molar-refractivity contribution in [2.75, 3.05) is 13.7 Å². The third kappa shape index (κ3) is 5.86. The zero-order valence-electron chi connectivity index (χ0n) is 22.1. The maximum absolute atomic E-state index is 6.64.